The van der Waals surface area contributed by atoms with E-state index in [1.807, 2.05) is 55.5 Å². The maximum absolute atomic E-state index is 13.5. The number of nitrogens with zero attached hydrogens (tertiary/aromatic N) is 1. The van der Waals surface area contributed by atoms with Crippen LogP contribution in [0.3, 0.4) is 0 Å². The first-order valence-corrected chi connectivity index (χ1v) is 14.0. The minimum atomic E-state index is -3.57. The summed E-state index contributed by atoms with van der Waals surface area (Å²) in [5.74, 6) is 0. The van der Waals surface area contributed by atoms with Gasteiger partial charge >= 0.3 is 0 Å². The first kappa shape index (κ1) is 19.8. The molecule has 0 saturated heterocycles. The molecule has 1 atom stereocenters. The van der Waals surface area contributed by atoms with Crippen LogP contribution in [0.1, 0.15) is 11.1 Å². The fourth-order valence-corrected chi connectivity index (χ4v) is 9.78. The van der Waals surface area contributed by atoms with Gasteiger partial charge in [0.05, 0.1) is 4.90 Å². The molecule has 1 heterocycles. The lowest BCUT2D eigenvalue weighted by molar-refractivity contribution is 0.484. The fourth-order valence-electron chi connectivity index (χ4n) is 3.94. The molecule has 148 valence electrons. The molecular weight excluding hydrogens is 394 g/mol. The van der Waals surface area contributed by atoms with Crippen LogP contribution in [0.2, 0.25) is 6.55 Å². The Labute approximate surface area is 174 Å². The Bertz CT molecular complexity index is 1130. The minimum Gasteiger partial charge on any atom is -0.207 e. The molecule has 3 aromatic rings. The number of hydrogen-bond donors (Lipinski definition) is 0. The molecule has 0 saturated carbocycles. The van der Waals surface area contributed by atoms with Crippen LogP contribution in [-0.2, 0) is 10.0 Å². The smallest absolute Gasteiger partial charge is 0.207 e. The molecule has 29 heavy (non-hydrogen) atoms. The van der Waals surface area contributed by atoms with Gasteiger partial charge in [-0.25, -0.2) is 8.42 Å². The van der Waals surface area contributed by atoms with Crippen LogP contribution in [0.15, 0.2) is 95.5 Å². The van der Waals surface area contributed by atoms with Crippen LogP contribution in [0.5, 0.6) is 0 Å². The van der Waals surface area contributed by atoms with Crippen molar-refractivity contribution in [2.45, 2.75) is 18.4 Å². The predicted molar refractivity (Wildman–Crippen MR) is 122 cm³/mol. The molecule has 0 spiro atoms. The van der Waals surface area contributed by atoms with Gasteiger partial charge in [0, 0.05) is 12.7 Å². The highest BCUT2D eigenvalue weighted by Crippen LogP contribution is 2.29. The largest absolute Gasteiger partial charge is 0.243 e. The molecular formula is C24H25NO2SSi. The van der Waals surface area contributed by atoms with E-state index in [0.717, 1.165) is 16.7 Å². The summed E-state index contributed by atoms with van der Waals surface area (Å²) in [5, 5.41) is 1.25. The third-order valence-electron chi connectivity index (χ3n) is 5.58. The van der Waals surface area contributed by atoms with Crippen molar-refractivity contribution in [1.29, 1.82) is 0 Å². The average molecular weight is 420 g/mol. The van der Waals surface area contributed by atoms with E-state index in [1.165, 1.54) is 5.19 Å². The van der Waals surface area contributed by atoms with Crippen molar-refractivity contribution in [3.63, 3.8) is 0 Å². The van der Waals surface area contributed by atoms with Crippen LogP contribution >= 0.6 is 0 Å². The van der Waals surface area contributed by atoms with Gasteiger partial charge in [-0.3, -0.25) is 0 Å². The van der Waals surface area contributed by atoms with Crippen molar-refractivity contribution in [3.05, 3.63) is 102 Å². The van der Waals surface area contributed by atoms with E-state index in [1.54, 1.807) is 16.4 Å². The highest BCUT2D eigenvalue weighted by atomic mass is 32.2. The number of hydrogen-bond acceptors (Lipinski definition) is 2. The first-order chi connectivity index (χ1) is 13.9. The molecule has 0 radical (unpaired) electrons. The van der Waals surface area contributed by atoms with E-state index in [4.69, 9.17) is 0 Å². The molecule has 3 aromatic carbocycles. The number of sulfonamides is 1. The van der Waals surface area contributed by atoms with Gasteiger partial charge in [-0.2, -0.15) is 4.31 Å². The summed E-state index contributed by atoms with van der Waals surface area (Å²) in [6.07, 6.45) is 0.545. The Morgan fingerprint density at radius 2 is 1.41 bits per heavy atom. The lowest BCUT2D eigenvalue weighted by atomic mass is 10.1. The lowest BCUT2D eigenvalue weighted by Crippen LogP contribution is -2.57. The summed E-state index contributed by atoms with van der Waals surface area (Å²) in [7, 11) is -5.76. The van der Waals surface area contributed by atoms with Crippen molar-refractivity contribution in [3.8, 4) is 0 Å². The van der Waals surface area contributed by atoms with Gasteiger partial charge in [0.2, 0.25) is 10.0 Å². The van der Waals surface area contributed by atoms with Crippen molar-refractivity contribution in [2.24, 2.45) is 0 Å². The summed E-state index contributed by atoms with van der Waals surface area (Å²) < 4.78 is 28.7. The predicted octanol–water partition coefficient (Wildman–Crippen LogP) is 4.15. The van der Waals surface area contributed by atoms with Crippen LogP contribution in [0.25, 0.3) is 5.57 Å². The Kier molecular flexibility index (Phi) is 5.30. The van der Waals surface area contributed by atoms with Gasteiger partial charge in [-0.1, -0.05) is 95.8 Å². The Hall–Kier alpha value is -2.47. The monoisotopic (exact) mass is 419 g/mol. The molecule has 0 aromatic heterocycles. The molecule has 4 rings (SSSR count). The molecule has 0 fully saturated rings. The molecule has 0 aliphatic carbocycles. The SMILES string of the molecule is Cc1ccc(S(=O)(=O)N2CC(c3ccccc3)=C[Si](C)(c3ccccc3)C2)cc1. The standard InChI is InChI=1S/C24H25NO2SSi/c1-20-13-15-23(16-14-20)28(26,27)25-17-22(21-9-5-3-6-10-21)18-29(2,19-25)24-11-7-4-8-12-24/h3-16,18H,17,19H2,1-2H3. The van der Waals surface area contributed by atoms with E-state index >= 15 is 0 Å². The quantitative estimate of drug-likeness (QED) is 0.596. The lowest BCUT2D eigenvalue weighted by Gasteiger charge is -2.37. The van der Waals surface area contributed by atoms with Gasteiger partial charge in [0.15, 0.2) is 0 Å². The maximum Gasteiger partial charge on any atom is 0.243 e. The van der Waals surface area contributed by atoms with Gasteiger partial charge in [-0.05, 0) is 30.2 Å². The zero-order valence-electron chi connectivity index (χ0n) is 16.7. The van der Waals surface area contributed by atoms with Crippen LogP contribution < -0.4 is 5.19 Å². The molecule has 1 aliphatic heterocycles. The zero-order chi connectivity index (χ0) is 20.5. The Morgan fingerprint density at radius 3 is 2.03 bits per heavy atom. The Balaban J connectivity index is 1.81. The van der Waals surface area contributed by atoms with E-state index in [-0.39, 0.29) is 0 Å². The van der Waals surface area contributed by atoms with E-state index in [2.05, 4.69) is 36.5 Å². The van der Waals surface area contributed by atoms with Gasteiger partial charge in [-0.15, -0.1) is 0 Å². The average Bonchev–Trinajstić information content (AvgIpc) is 2.75. The topological polar surface area (TPSA) is 37.4 Å². The minimum absolute atomic E-state index is 0.363. The second-order valence-corrected chi connectivity index (χ2v) is 13.9. The van der Waals surface area contributed by atoms with Gasteiger partial charge < -0.3 is 0 Å². The van der Waals surface area contributed by atoms with Gasteiger partial charge in [0.25, 0.3) is 0 Å². The molecule has 1 unspecified atom stereocenters. The molecule has 5 heteroatoms. The van der Waals surface area contributed by atoms with Crippen LogP contribution in [0.4, 0.5) is 0 Å². The van der Waals surface area contributed by atoms with E-state index in [0.29, 0.717) is 17.6 Å². The zero-order valence-corrected chi connectivity index (χ0v) is 18.6. The molecule has 0 N–H and O–H groups in total. The molecule has 0 bridgehead atoms. The molecule has 0 amide bonds. The fraction of sp³-hybridized carbons (Fsp3) is 0.167. The maximum atomic E-state index is 13.5. The second-order valence-electron chi connectivity index (χ2n) is 7.91. The summed E-state index contributed by atoms with van der Waals surface area (Å²) >= 11 is 0. The Morgan fingerprint density at radius 1 is 0.828 bits per heavy atom. The normalized spacial score (nSPS) is 20.3. The van der Waals surface area contributed by atoms with Crippen molar-refractivity contribution in [2.75, 3.05) is 12.7 Å². The molecule has 1 aliphatic rings. The third-order valence-corrected chi connectivity index (χ3v) is 11.3. The summed E-state index contributed by atoms with van der Waals surface area (Å²) in [6, 6.07) is 27.6. The van der Waals surface area contributed by atoms with Crippen LogP contribution in [0, 0.1) is 6.92 Å². The summed E-state index contributed by atoms with van der Waals surface area (Å²) in [4.78, 5) is 0.363. The number of benzene rings is 3. The molecule has 3 nitrogen and oxygen atoms in total. The second kappa shape index (κ2) is 7.75. The third kappa shape index (κ3) is 3.99. The summed E-state index contributed by atoms with van der Waals surface area (Å²) in [5.41, 5.74) is 5.60. The van der Waals surface area contributed by atoms with E-state index in [9.17, 15) is 8.42 Å². The number of aryl methyl sites for hydroxylation is 1. The highest BCUT2D eigenvalue weighted by molar-refractivity contribution is 7.89. The van der Waals surface area contributed by atoms with Gasteiger partial charge in [0.1, 0.15) is 8.07 Å². The van der Waals surface area contributed by atoms with Crippen molar-refractivity contribution < 1.29 is 8.42 Å². The first-order valence-electron chi connectivity index (χ1n) is 9.78. The van der Waals surface area contributed by atoms with Crippen molar-refractivity contribution in [1.82, 2.24) is 4.31 Å². The van der Waals surface area contributed by atoms with Crippen molar-refractivity contribution >= 4 is 28.9 Å². The van der Waals surface area contributed by atoms with Crippen LogP contribution in [-0.4, -0.2) is 33.5 Å². The number of rotatable bonds is 4. The van der Waals surface area contributed by atoms with E-state index < -0.39 is 18.1 Å². The highest BCUT2D eigenvalue weighted by Gasteiger charge is 2.39. The summed E-state index contributed by atoms with van der Waals surface area (Å²) in [6.45, 7) is 4.62.